The summed E-state index contributed by atoms with van der Waals surface area (Å²) in [5.74, 6) is 5.46. The molecule has 1 atom stereocenters. The lowest BCUT2D eigenvalue weighted by Gasteiger charge is -2.24. The minimum Gasteiger partial charge on any atom is -0.442 e. The van der Waals surface area contributed by atoms with Crippen LogP contribution in [-0.4, -0.2) is 40.7 Å². The molecule has 0 bridgehead atoms. The highest BCUT2D eigenvalue weighted by atomic mass is 32.2. The van der Waals surface area contributed by atoms with E-state index < -0.39 is 23.6 Å². The highest BCUT2D eigenvalue weighted by molar-refractivity contribution is 7.98. The maximum atomic E-state index is 11.6. The van der Waals surface area contributed by atoms with E-state index in [9.17, 15) is 9.59 Å². The molecule has 100 valence electrons. The molecule has 4 N–H and O–H groups in total. The van der Waals surface area contributed by atoms with Gasteiger partial charge in [0.15, 0.2) is 0 Å². The molecule has 0 radical (unpaired) electrons. The van der Waals surface area contributed by atoms with Gasteiger partial charge < -0.3 is 10.5 Å². The molecule has 7 heteroatoms. The Morgan fingerprint density at radius 2 is 1.94 bits per heavy atom. The fraction of sp³-hybridized carbons (Fsp3) is 0.800. The number of imide groups is 1. The molecule has 0 aliphatic heterocycles. The van der Waals surface area contributed by atoms with Crippen molar-refractivity contribution >= 4 is 23.8 Å². The van der Waals surface area contributed by atoms with Gasteiger partial charge in [-0.1, -0.05) is 0 Å². The minimum atomic E-state index is -0.887. The molecular weight excluding hydrogens is 242 g/mol. The summed E-state index contributed by atoms with van der Waals surface area (Å²) >= 11 is 1.57. The molecule has 0 aliphatic carbocycles. The first-order valence-corrected chi connectivity index (χ1v) is 6.64. The van der Waals surface area contributed by atoms with Crippen LogP contribution >= 0.6 is 11.8 Å². The standard InChI is InChI=1S/C10H21N3O3S/c1-10(2,3)16-9(15)13(12)8(14)7(11)5-6-17-4/h7H,5-6,11-12H2,1-4H3/t7-/m0/s1. The molecule has 6 nitrogen and oxygen atoms in total. The van der Waals surface area contributed by atoms with Gasteiger partial charge in [-0.15, -0.1) is 0 Å². The van der Waals surface area contributed by atoms with E-state index in [-0.39, 0.29) is 0 Å². The number of nitrogens with two attached hydrogens (primary N) is 2. The zero-order valence-corrected chi connectivity index (χ0v) is 11.5. The van der Waals surface area contributed by atoms with Gasteiger partial charge in [-0.05, 0) is 39.2 Å². The Labute approximate surface area is 106 Å². The molecule has 0 fully saturated rings. The fourth-order valence-corrected chi connectivity index (χ4v) is 1.44. The van der Waals surface area contributed by atoms with Crippen LogP contribution in [0.15, 0.2) is 0 Å². The molecule has 0 spiro atoms. The van der Waals surface area contributed by atoms with E-state index in [1.54, 1.807) is 32.5 Å². The van der Waals surface area contributed by atoms with Crippen LogP contribution in [-0.2, 0) is 9.53 Å². The molecule has 17 heavy (non-hydrogen) atoms. The Hall–Kier alpha value is -0.790. The lowest BCUT2D eigenvalue weighted by atomic mass is 10.2. The number of thioether (sulfide) groups is 1. The Kier molecular flexibility index (Phi) is 6.51. The molecular formula is C10H21N3O3S. The van der Waals surface area contributed by atoms with Gasteiger partial charge in [-0.3, -0.25) is 4.79 Å². The molecule has 0 saturated carbocycles. The van der Waals surface area contributed by atoms with Crippen LogP contribution in [0.25, 0.3) is 0 Å². The van der Waals surface area contributed by atoms with Crippen molar-refractivity contribution in [2.75, 3.05) is 12.0 Å². The number of ether oxygens (including phenoxy) is 1. The van der Waals surface area contributed by atoms with Gasteiger partial charge >= 0.3 is 6.09 Å². The van der Waals surface area contributed by atoms with Crippen molar-refractivity contribution in [3.8, 4) is 0 Å². The number of carbonyl (C=O) groups is 2. The minimum absolute atomic E-state index is 0.441. The number of carbonyl (C=O) groups excluding carboxylic acids is 2. The Morgan fingerprint density at radius 1 is 1.41 bits per heavy atom. The van der Waals surface area contributed by atoms with Gasteiger partial charge in [0.2, 0.25) is 0 Å². The summed E-state index contributed by atoms with van der Waals surface area (Å²) in [7, 11) is 0. The maximum absolute atomic E-state index is 11.6. The molecule has 0 aromatic rings. The van der Waals surface area contributed by atoms with Crippen LogP contribution in [0.5, 0.6) is 0 Å². The maximum Gasteiger partial charge on any atom is 0.431 e. The number of hydrogen-bond acceptors (Lipinski definition) is 6. The van der Waals surface area contributed by atoms with Gasteiger partial charge in [0.05, 0.1) is 6.04 Å². The van der Waals surface area contributed by atoms with Crippen LogP contribution < -0.4 is 11.6 Å². The number of rotatable bonds is 4. The second-order valence-electron chi connectivity index (χ2n) is 4.58. The van der Waals surface area contributed by atoms with Crippen molar-refractivity contribution in [3.63, 3.8) is 0 Å². The highest BCUT2D eigenvalue weighted by Crippen LogP contribution is 2.09. The molecule has 0 aromatic heterocycles. The lowest BCUT2D eigenvalue weighted by molar-refractivity contribution is -0.132. The molecule has 0 rings (SSSR count). The van der Waals surface area contributed by atoms with Crippen LogP contribution in [0.2, 0.25) is 0 Å². The predicted octanol–water partition coefficient (Wildman–Crippen LogP) is 0.704. The summed E-state index contributed by atoms with van der Waals surface area (Å²) in [5, 5.41) is 0.441. The second-order valence-corrected chi connectivity index (χ2v) is 5.56. The number of nitrogens with zero attached hydrogens (tertiary/aromatic N) is 1. The smallest absolute Gasteiger partial charge is 0.431 e. The fourth-order valence-electron chi connectivity index (χ4n) is 0.948. The van der Waals surface area contributed by atoms with Crippen molar-refractivity contribution in [2.45, 2.75) is 38.8 Å². The number of amides is 2. The summed E-state index contributed by atoms with van der Waals surface area (Å²) in [4.78, 5) is 23.1. The number of hydrogen-bond donors (Lipinski definition) is 2. The van der Waals surface area contributed by atoms with Gasteiger partial charge in [0.25, 0.3) is 5.91 Å². The first-order chi connectivity index (χ1) is 7.69. The first-order valence-electron chi connectivity index (χ1n) is 5.25. The van der Waals surface area contributed by atoms with Crippen LogP contribution in [0, 0.1) is 0 Å². The van der Waals surface area contributed by atoms with Gasteiger partial charge in [-0.2, -0.15) is 16.8 Å². The van der Waals surface area contributed by atoms with E-state index in [4.69, 9.17) is 16.3 Å². The zero-order chi connectivity index (χ0) is 13.6. The summed E-state index contributed by atoms with van der Waals surface area (Å²) in [5.41, 5.74) is 4.92. The quantitative estimate of drug-likeness (QED) is 0.440. The largest absolute Gasteiger partial charge is 0.442 e. The summed E-state index contributed by atoms with van der Waals surface area (Å²) in [6, 6.07) is -0.778. The van der Waals surface area contributed by atoms with E-state index in [0.717, 1.165) is 5.75 Å². The SMILES string of the molecule is CSCC[C@H](N)C(=O)N(N)C(=O)OC(C)(C)C. The van der Waals surface area contributed by atoms with Crippen LogP contribution in [0.3, 0.4) is 0 Å². The summed E-state index contributed by atoms with van der Waals surface area (Å²) in [6.07, 6.45) is 1.49. The van der Waals surface area contributed by atoms with Crippen LogP contribution in [0.1, 0.15) is 27.2 Å². The Balaban J connectivity index is 4.34. The predicted molar refractivity (Wildman–Crippen MR) is 68.2 cm³/mol. The average Bonchev–Trinajstić information content (AvgIpc) is 2.21. The van der Waals surface area contributed by atoms with Crippen molar-refractivity contribution < 1.29 is 14.3 Å². The van der Waals surface area contributed by atoms with E-state index in [1.807, 2.05) is 6.26 Å². The van der Waals surface area contributed by atoms with E-state index >= 15 is 0 Å². The molecule has 2 amide bonds. The normalized spacial score (nSPS) is 13.1. The zero-order valence-electron chi connectivity index (χ0n) is 10.7. The lowest BCUT2D eigenvalue weighted by Crippen LogP contribution is -2.52. The van der Waals surface area contributed by atoms with Crippen LogP contribution in [0.4, 0.5) is 4.79 Å². The third kappa shape index (κ3) is 6.50. The van der Waals surface area contributed by atoms with Gasteiger partial charge in [-0.25, -0.2) is 10.6 Å². The third-order valence-corrected chi connectivity index (χ3v) is 2.42. The van der Waals surface area contributed by atoms with Crippen molar-refractivity contribution in [3.05, 3.63) is 0 Å². The van der Waals surface area contributed by atoms with Crippen molar-refractivity contribution in [1.29, 1.82) is 0 Å². The molecule has 0 unspecified atom stereocenters. The molecule has 0 aliphatic rings. The molecule has 0 heterocycles. The third-order valence-electron chi connectivity index (χ3n) is 1.78. The monoisotopic (exact) mass is 263 g/mol. The summed E-state index contributed by atoms with van der Waals surface area (Å²) in [6.45, 7) is 5.07. The van der Waals surface area contributed by atoms with E-state index in [2.05, 4.69) is 0 Å². The Morgan fingerprint density at radius 3 is 2.35 bits per heavy atom. The van der Waals surface area contributed by atoms with Gasteiger partial charge in [0, 0.05) is 0 Å². The Bertz CT molecular complexity index is 278. The van der Waals surface area contributed by atoms with Crippen molar-refractivity contribution in [1.82, 2.24) is 5.01 Å². The average molecular weight is 263 g/mol. The number of hydrazine groups is 1. The topological polar surface area (TPSA) is 98.7 Å². The van der Waals surface area contributed by atoms with E-state index in [1.165, 1.54) is 0 Å². The van der Waals surface area contributed by atoms with E-state index in [0.29, 0.717) is 11.4 Å². The van der Waals surface area contributed by atoms with Gasteiger partial charge in [0.1, 0.15) is 5.60 Å². The highest BCUT2D eigenvalue weighted by Gasteiger charge is 2.27. The second kappa shape index (κ2) is 6.83. The van der Waals surface area contributed by atoms with Crippen molar-refractivity contribution in [2.24, 2.45) is 11.6 Å². The summed E-state index contributed by atoms with van der Waals surface area (Å²) < 4.78 is 4.96. The molecule has 0 saturated heterocycles. The first kappa shape index (κ1) is 16.2. The molecule has 0 aromatic carbocycles.